The Hall–Kier alpha value is -1.59. The maximum atomic E-state index is 12.5. The summed E-state index contributed by atoms with van der Waals surface area (Å²) in [6.45, 7) is 3.68. The van der Waals surface area contributed by atoms with Crippen LogP contribution in [-0.4, -0.2) is 50.5 Å². The molecular formula is C18H26N2O3. The quantitative estimate of drug-likeness (QED) is 0.862. The zero-order chi connectivity index (χ0) is 16.1. The summed E-state index contributed by atoms with van der Waals surface area (Å²) in [4.78, 5) is 14.7. The molecule has 0 bridgehead atoms. The van der Waals surface area contributed by atoms with Gasteiger partial charge in [0.1, 0.15) is 0 Å². The molecule has 23 heavy (non-hydrogen) atoms. The third-order valence-corrected chi connectivity index (χ3v) is 5.21. The van der Waals surface area contributed by atoms with Crippen LogP contribution in [0.25, 0.3) is 0 Å². The van der Waals surface area contributed by atoms with E-state index in [2.05, 4.69) is 22.3 Å². The van der Waals surface area contributed by atoms with E-state index in [1.165, 1.54) is 5.69 Å². The Kier molecular flexibility index (Phi) is 5.18. The molecule has 5 heteroatoms. The van der Waals surface area contributed by atoms with Gasteiger partial charge in [-0.3, -0.25) is 4.79 Å². The summed E-state index contributed by atoms with van der Waals surface area (Å²) < 4.78 is 5.37. The SMILES string of the molecule is O=C(NCC1(CO)CCOCC1)C1CCN(c2ccccc2)C1. The van der Waals surface area contributed by atoms with Gasteiger partial charge in [0.2, 0.25) is 5.91 Å². The minimum absolute atomic E-state index is 0.0331. The lowest BCUT2D eigenvalue weighted by atomic mass is 9.81. The van der Waals surface area contributed by atoms with Gasteiger partial charge in [0.25, 0.3) is 0 Å². The Labute approximate surface area is 137 Å². The number of para-hydroxylation sites is 1. The third kappa shape index (κ3) is 3.85. The van der Waals surface area contributed by atoms with Gasteiger partial charge in [0, 0.05) is 44.0 Å². The summed E-state index contributed by atoms with van der Waals surface area (Å²) in [6.07, 6.45) is 2.51. The van der Waals surface area contributed by atoms with Crippen LogP contribution in [-0.2, 0) is 9.53 Å². The Morgan fingerprint density at radius 3 is 2.74 bits per heavy atom. The van der Waals surface area contributed by atoms with Crippen LogP contribution >= 0.6 is 0 Å². The summed E-state index contributed by atoms with van der Waals surface area (Å²) in [5, 5.41) is 12.8. The summed E-state index contributed by atoms with van der Waals surface area (Å²) >= 11 is 0. The van der Waals surface area contributed by atoms with E-state index in [1.54, 1.807) is 0 Å². The van der Waals surface area contributed by atoms with E-state index < -0.39 is 0 Å². The van der Waals surface area contributed by atoms with Gasteiger partial charge in [-0.15, -0.1) is 0 Å². The van der Waals surface area contributed by atoms with E-state index in [-0.39, 0.29) is 23.8 Å². The predicted octanol–water partition coefficient (Wildman–Crippen LogP) is 1.42. The zero-order valence-electron chi connectivity index (χ0n) is 13.5. The molecule has 2 N–H and O–H groups in total. The molecule has 0 aliphatic carbocycles. The smallest absolute Gasteiger partial charge is 0.224 e. The number of carbonyl (C=O) groups is 1. The Balaban J connectivity index is 1.51. The lowest BCUT2D eigenvalue weighted by molar-refractivity contribution is -0.125. The van der Waals surface area contributed by atoms with Gasteiger partial charge in [-0.25, -0.2) is 0 Å². The Bertz CT molecular complexity index is 514. The first kappa shape index (κ1) is 16.3. The number of hydrogen-bond donors (Lipinski definition) is 2. The molecule has 1 aromatic carbocycles. The van der Waals surface area contributed by atoms with Gasteiger partial charge >= 0.3 is 0 Å². The van der Waals surface area contributed by atoms with Crippen LogP contribution in [0, 0.1) is 11.3 Å². The largest absolute Gasteiger partial charge is 0.396 e. The fourth-order valence-electron chi connectivity index (χ4n) is 3.46. The molecule has 1 unspecified atom stereocenters. The summed E-state index contributed by atoms with van der Waals surface area (Å²) in [7, 11) is 0. The number of ether oxygens (including phenoxy) is 1. The average Bonchev–Trinajstić information content (AvgIpc) is 3.11. The molecule has 2 aliphatic heterocycles. The molecule has 126 valence electrons. The van der Waals surface area contributed by atoms with Crippen molar-refractivity contribution in [2.75, 3.05) is 44.4 Å². The second kappa shape index (κ2) is 7.32. The van der Waals surface area contributed by atoms with E-state index >= 15 is 0 Å². The van der Waals surface area contributed by atoms with Crippen molar-refractivity contribution in [1.29, 1.82) is 0 Å². The van der Waals surface area contributed by atoms with Crippen LogP contribution in [0.3, 0.4) is 0 Å². The van der Waals surface area contributed by atoms with Crippen molar-refractivity contribution < 1.29 is 14.6 Å². The molecule has 5 nitrogen and oxygen atoms in total. The topological polar surface area (TPSA) is 61.8 Å². The minimum Gasteiger partial charge on any atom is -0.396 e. The summed E-state index contributed by atoms with van der Waals surface area (Å²) in [6, 6.07) is 10.2. The van der Waals surface area contributed by atoms with Crippen molar-refractivity contribution in [3.05, 3.63) is 30.3 Å². The maximum absolute atomic E-state index is 12.5. The van der Waals surface area contributed by atoms with Crippen LogP contribution < -0.4 is 10.2 Å². The van der Waals surface area contributed by atoms with E-state index in [9.17, 15) is 9.90 Å². The van der Waals surface area contributed by atoms with E-state index in [1.807, 2.05) is 18.2 Å². The first-order valence-electron chi connectivity index (χ1n) is 8.49. The van der Waals surface area contributed by atoms with Gasteiger partial charge < -0.3 is 20.1 Å². The van der Waals surface area contributed by atoms with Crippen molar-refractivity contribution in [3.8, 4) is 0 Å². The van der Waals surface area contributed by atoms with Crippen LogP contribution in [0.1, 0.15) is 19.3 Å². The molecule has 3 rings (SSSR count). The third-order valence-electron chi connectivity index (χ3n) is 5.21. The summed E-state index contributed by atoms with van der Waals surface area (Å²) in [5.41, 5.74) is 0.977. The van der Waals surface area contributed by atoms with Crippen LogP contribution in [0.2, 0.25) is 0 Å². The van der Waals surface area contributed by atoms with Crippen LogP contribution in [0.15, 0.2) is 30.3 Å². The van der Waals surface area contributed by atoms with E-state index in [0.717, 1.165) is 32.4 Å². The van der Waals surface area contributed by atoms with Gasteiger partial charge in [-0.05, 0) is 31.4 Å². The molecular weight excluding hydrogens is 292 g/mol. The normalized spacial score (nSPS) is 23.7. The highest BCUT2D eigenvalue weighted by Gasteiger charge is 2.34. The zero-order valence-corrected chi connectivity index (χ0v) is 13.5. The number of rotatable bonds is 5. The number of anilines is 1. The first-order valence-corrected chi connectivity index (χ1v) is 8.49. The highest BCUT2D eigenvalue weighted by Crippen LogP contribution is 2.29. The molecule has 2 saturated heterocycles. The van der Waals surface area contributed by atoms with E-state index in [4.69, 9.17) is 4.74 Å². The molecule has 2 aliphatic rings. The second-order valence-corrected chi connectivity index (χ2v) is 6.76. The molecule has 0 radical (unpaired) electrons. The van der Waals surface area contributed by atoms with Crippen molar-refractivity contribution in [2.45, 2.75) is 19.3 Å². The maximum Gasteiger partial charge on any atom is 0.224 e. The molecule has 1 aromatic rings. The number of nitrogens with one attached hydrogen (secondary N) is 1. The fourth-order valence-corrected chi connectivity index (χ4v) is 3.46. The van der Waals surface area contributed by atoms with Crippen LogP contribution in [0.5, 0.6) is 0 Å². The number of hydrogen-bond acceptors (Lipinski definition) is 4. The van der Waals surface area contributed by atoms with Crippen molar-refractivity contribution in [1.82, 2.24) is 5.32 Å². The standard InChI is InChI=1S/C18H26N2O3/c21-14-18(7-10-23-11-8-18)13-19-17(22)15-6-9-20(12-15)16-4-2-1-3-5-16/h1-5,15,21H,6-14H2,(H,19,22). The molecule has 0 aromatic heterocycles. The Morgan fingerprint density at radius 1 is 1.30 bits per heavy atom. The summed E-state index contributed by atoms with van der Waals surface area (Å²) in [5.74, 6) is 0.147. The second-order valence-electron chi connectivity index (χ2n) is 6.76. The molecule has 2 heterocycles. The van der Waals surface area contributed by atoms with Gasteiger partial charge in [-0.2, -0.15) is 0 Å². The number of carbonyl (C=O) groups excluding carboxylic acids is 1. The molecule has 0 saturated carbocycles. The molecule has 2 fully saturated rings. The molecule has 1 amide bonds. The number of benzene rings is 1. The lowest BCUT2D eigenvalue weighted by Crippen LogP contribution is -2.45. The highest BCUT2D eigenvalue weighted by atomic mass is 16.5. The van der Waals surface area contributed by atoms with Crippen molar-refractivity contribution in [2.24, 2.45) is 11.3 Å². The van der Waals surface area contributed by atoms with E-state index in [0.29, 0.717) is 19.8 Å². The van der Waals surface area contributed by atoms with Crippen LogP contribution in [0.4, 0.5) is 5.69 Å². The lowest BCUT2D eigenvalue weighted by Gasteiger charge is -2.35. The van der Waals surface area contributed by atoms with Crippen molar-refractivity contribution >= 4 is 11.6 Å². The average molecular weight is 318 g/mol. The fraction of sp³-hybridized carbons (Fsp3) is 0.611. The molecule has 0 spiro atoms. The highest BCUT2D eigenvalue weighted by molar-refractivity contribution is 5.80. The first-order chi connectivity index (χ1) is 11.2. The minimum atomic E-state index is -0.203. The van der Waals surface area contributed by atoms with Crippen molar-refractivity contribution in [3.63, 3.8) is 0 Å². The monoisotopic (exact) mass is 318 g/mol. The number of nitrogens with zero attached hydrogens (tertiary/aromatic N) is 1. The number of aliphatic hydroxyl groups is 1. The molecule has 1 atom stereocenters. The predicted molar refractivity (Wildman–Crippen MR) is 89.3 cm³/mol. The van der Waals surface area contributed by atoms with Gasteiger partial charge in [0.15, 0.2) is 0 Å². The number of amides is 1. The van der Waals surface area contributed by atoms with Gasteiger partial charge in [0.05, 0.1) is 12.5 Å². The van der Waals surface area contributed by atoms with Gasteiger partial charge in [-0.1, -0.05) is 18.2 Å². The number of aliphatic hydroxyl groups excluding tert-OH is 1. The Morgan fingerprint density at radius 2 is 2.04 bits per heavy atom.